The maximum Gasteiger partial charge on any atom is 0.586 e. The maximum atomic E-state index is 12.6. The molecule has 2 aromatic carbocycles. The van der Waals surface area contributed by atoms with E-state index < -0.39 is 18.6 Å². The van der Waals surface area contributed by atoms with E-state index in [9.17, 15) is 26.7 Å². The number of aromatic amines is 1. The first kappa shape index (κ1) is 20.9. The van der Waals surface area contributed by atoms with Crippen LogP contribution in [0.2, 0.25) is 0 Å². The Morgan fingerprint density at radius 2 is 1.79 bits per heavy atom. The molecule has 28 heavy (non-hydrogen) atoms. The van der Waals surface area contributed by atoms with Crippen LogP contribution < -0.4 is 15.2 Å². The highest BCUT2D eigenvalue weighted by Crippen LogP contribution is 2.42. The first-order valence-corrected chi connectivity index (χ1v) is 7.54. The van der Waals surface area contributed by atoms with Crippen LogP contribution in [-0.2, 0) is 0 Å². The summed E-state index contributed by atoms with van der Waals surface area (Å²) >= 11 is 0. The maximum absolute atomic E-state index is 12.6. The number of nitrogens with zero attached hydrogens (tertiary/aromatic N) is 1. The van der Waals surface area contributed by atoms with E-state index in [0.717, 1.165) is 6.07 Å². The van der Waals surface area contributed by atoms with Crippen molar-refractivity contribution in [3.05, 3.63) is 53.9 Å². The number of benzene rings is 2. The number of hydrogen-bond donors (Lipinski definition) is 2. The zero-order valence-corrected chi connectivity index (χ0v) is 14.3. The molecule has 0 saturated heterocycles. The van der Waals surface area contributed by atoms with Gasteiger partial charge in [0.25, 0.3) is 6.43 Å². The van der Waals surface area contributed by atoms with Crippen LogP contribution in [0.25, 0.3) is 11.0 Å². The molecule has 1 amide bonds. The van der Waals surface area contributed by atoms with Gasteiger partial charge in [0, 0.05) is 23.3 Å². The predicted molar refractivity (Wildman–Crippen MR) is 89.2 cm³/mol. The Morgan fingerprint density at radius 1 is 1.14 bits per heavy atom. The number of carbonyl (C=O) groups is 1. The Labute approximate surface area is 155 Å². The molecule has 0 radical (unpaired) electrons. The van der Waals surface area contributed by atoms with Crippen LogP contribution in [0.5, 0.6) is 11.5 Å². The summed E-state index contributed by atoms with van der Waals surface area (Å²) in [6.07, 6.45) is -4.66. The normalized spacial score (nSPS) is 13.4. The van der Waals surface area contributed by atoms with E-state index in [1.54, 1.807) is 0 Å². The SMILES string of the molecule is CF.FC1(F)Oc2cc3nc[nH]c3cc2O1.NC(=O)c1cccc(C(F)F)c1. The Bertz CT molecular complexity index is 920. The second-order valence-corrected chi connectivity index (χ2v) is 5.18. The first-order valence-electron chi connectivity index (χ1n) is 7.54. The van der Waals surface area contributed by atoms with E-state index >= 15 is 0 Å². The fourth-order valence-corrected chi connectivity index (χ4v) is 2.21. The molecule has 0 atom stereocenters. The number of halogens is 5. The van der Waals surface area contributed by atoms with Gasteiger partial charge in [-0.2, -0.15) is 0 Å². The number of amides is 1. The summed E-state index contributed by atoms with van der Waals surface area (Å²) in [6, 6.07) is 7.94. The average molecular weight is 403 g/mol. The van der Waals surface area contributed by atoms with Crippen molar-refractivity contribution in [2.24, 2.45) is 5.73 Å². The second-order valence-electron chi connectivity index (χ2n) is 5.18. The summed E-state index contributed by atoms with van der Waals surface area (Å²) in [5.41, 5.74) is 6.00. The topological polar surface area (TPSA) is 90.2 Å². The molecule has 1 aromatic heterocycles. The van der Waals surface area contributed by atoms with E-state index in [2.05, 4.69) is 19.4 Å². The highest BCUT2D eigenvalue weighted by Gasteiger charge is 2.43. The zero-order chi connectivity index (χ0) is 20.9. The molecule has 3 aromatic rings. The fraction of sp³-hybridized carbons (Fsp3) is 0.176. The van der Waals surface area contributed by atoms with Gasteiger partial charge in [-0.15, -0.1) is 8.78 Å². The Morgan fingerprint density at radius 3 is 2.39 bits per heavy atom. The molecule has 4 rings (SSSR count). The number of carbonyl (C=O) groups excluding carboxylic acids is 1. The largest absolute Gasteiger partial charge is 0.586 e. The number of nitrogens with two attached hydrogens (primary N) is 1. The number of H-pyrrole nitrogens is 1. The van der Waals surface area contributed by atoms with Gasteiger partial charge in [0.05, 0.1) is 24.5 Å². The molecule has 0 saturated carbocycles. The highest BCUT2D eigenvalue weighted by atomic mass is 19.3. The molecule has 1 aliphatic rings. The lowest BCUT2D eigenvalue weighted by Crippen LogP contribution is -2.25. The van der Waals surface area contributed by atoms with Crippen molar-refractivity contribution in [3.8, 4) is 11.5 Å². The minimum absolute atomic E-state index is 0.00889. The standard InChI is InChI=1S/C8H4F2N2O2.C8H7F2NO.CH3F/c9-8(10)13-6-1-4-5(12-3-11-4)2-7(6)14-8;9-7(10)5-2-1-3-6(4-5)8(11)12;1-2/h1-3H,(H,11,12);1-4,7H,(H2,11,12);1H3. The molecule has 150 valence electrons. The van der Waals surface area contributed by atoms with Crippen LogP contribution in [0.1, 0.15) is 22.3 Å². The Hall–Kier alpha value is -3.37. The van der Waals surface area contributed by atoms with Crippen LogP contribution in [0, 0.1) is 0 Å². The van der Waals surface area contributed by atoms with Gasteiger partial charge in [-0.05, 0) is 12.1 Å². The van der Waals surface area contributed by atoms with E-state index in [0.29, 0.717) is 18.2 Å². The molecule has 11 heteroatoms. The number of imidazole rings is 1. The number of hydrogen-bond acceptors (Lipinski definition) is 4. The Balaban J connectivity index is 0.000000187. The fourth-order valence-electron chi connectivity index (χ4n) is 2.21. The molecular weight excluding hydrogens is 389 g/mol. The zero-order valence-electron chi connectivity index (χ0n) is 14.3. The van der Waals surface area contributed by atoms with Gasteiger partial charge in [-0.1, -0.05) is 12.1 Å². The number of nitrogens with one attached hydrogen (secondary N) is 1. The van der Waals surface area contributed by atoms with E-state index in [-0.39, 0.29) is 22.6 Å². The van der Waals surface area contributed by atoms with Crippen molar-refractivity contribution < 1.29 is 36.2 Å². The summed E-state index contributed by atoms with van der Waals surface area (Å²) in [4.78, 5) is 17.2. The molecule has 0 fully saturated rings. The van der Waals surface area contributed by atoms with E-state index in [4.69, 9.17) is 5.73 Å². The number of fused-ring (bicyclic) bond motifs is 2. The van der Waals surface area contributed by atoms with Gasteiger partial charge >= 0.3 is 6.29 Å². The van der Waals surface area contributed by atoms with Gasteiger partial charge in [0.15, 0.2) is 11.5 Å². The van der Waals surface area contributed by atoms with Crippen molar-refractivity contribution in [2.45, 2.75) is 12.7 Å². The number of rotatable bonds is 2. The van der Waals surface area contributed by atoms with Crippen LogP contribution in [0.3, 0.4) is 0 Å². The molecule has 0 spiro atoms. The van der Waals surface area contributed by atoms with Crippen LogP contribution in [0.4, 0.5) is 22.0 Å². The quantitative estimate of drug-likeness (QED) is 0.628. The first-order chi connectivity index (χ1) is 13.2. The molecule has 0 unspecified atom stereocenters. The van der Waals surface area contributed by atoms with Crippen molar-refractivity contribution in [1.82, 2.24) is 9.97 Å². The average Bonchev–Trinajstić information content (AvgIpc) is 3.22. The third kappa shape index (κ3) is 4.87. The third-order valence-electron chi connectivity index (χ3n) is 3.37. The van der Waals surface area contributed by atoms with Crippen molar-refractivity contribution in [1.29, 1.82) is 0 Å². The third-order valence-corrected chi connectivity index (χ3v) is 3.37. The lowest BCUT2D eigenvalue weighted by Gasteiger charge is -2.04. The predicted octanol–water partition coefficient (Wildman–Crippen LogP) is 4.19. The number of ether oxygens (including phenoxy) is 2. The van der Waals surface area contributed by atoms with Crippen molar-refractivity contribution in [3.63, 3.8) is 0 Å². The van der Waals surface area contributed by atoms with Gasteiger partial charge in [-0.25, -0.2) is 13.8 Å². The monoisotopic (exact) mass is 403 g/mol. The summed E-state index contributed by atoms with van der Waals surface area (Å²) in [5.74, 6) is -0.668. The van der Waals surface area contributed by atoms with Crippen molar-refractivity contribution in [2.75, 3.05) is 7.18 Å². The minimum atomic E-state index is -3.57. The van der Waals surface area contributed by atoms with Gasteiger partial charge < -0.3 is 20.2 Å². The number of aromatic nitrogens is 2. The Kier molecular flexibility index (Phi) is 6.39. The molecule has 3 N–H and O–H groups in total. The second kappa shape index (κ2) is 8.55. The molecule has 6 nitrogen and oxygen atoms in total. The smallest absolute Gasteiger partial charge is 0.395 e. The summed E-state index contributed by atoms with van der Waals surface area (Å²) in [7, 11) is 0.500. The lowest BCUT2D eigenvalue weighted by atomic mass is 10.1. The van der Waals surface area contributed by atoms with Crippen LogP contribution in [0.15, 0.2) is 42.7 Å². The van der Waals surface area contributed by atoms with Crippen LogP contribution >= 0.6 is 0 Å². The molecule has 1 aliphatic heterocycles. The molecule has 0 bridgehead atoms. The van der Waals surface area contributed by atoms with Gasteiger partial charge in [-0.3, -0.25) is 9.18 Å². The number of primary amides is 1. The van der Waals surface area contributed by atoms with E-state index in [1.165, 1.54) is 36.7 Å². The lowest BCUT2D eigenvalue weighted by molar-refractivity contribution is -0.286. The van der Waals surface area contributed by atoms with Gasteiger partial charge in [0.2, 0.25) is 5.91 Å². The van der Waals surface area contributed by atoms with E-state index in [1.807, 2.05) is 0 Å². The van der Waals surface area contributed by atoms with Crippen molar-refractivity contribution >= 4 is 16.9 Å². The molecule has 0 aliphatic carbocycles. The summed E-state index contributed by atoms with van der Waals surface area (Å²) in [5, 5.41) is 0. The molecule has 2 heterocycles. The van der Waals surface area contributed by atoms with Crippen LogP contribution in [-0.4, -0.2) is 29.3 Å². The summed E-state index contributed by atoms with van der Waals surface area (Å²) in [6.45, 7) is 0. The molecular formula is C17H14F5N3O3. The highest BCUT2D eigenvalue weighted by molar-refractivity contribution is 5.92. The van der Waals surface area contributed by atoms with Gasteiger partial charge in [0.1, 0.15) is 0 Å². The summed E-state index contributed by atoms with van der Waals surface area (Å²) < 4.78 is 67.4. The number of alkyl halides is 5. The minimum Gasteiger partial charge on any atom is -0.395 e.